The molecular weight excluding hydrogens is 356 g/mol. The Labute approximate surface area is 162 Å². The summed E-state index contributed by atoms with van der Waals surface area (Å²) >= 11 is 0. The Bertz CT molecular complexity index is 1040. The molecule has 2 aromatic heterocycles. The number of carbonyl (C=O) groups excluding carboxylic acids is 1. The van der Waals surface area contributed by atoms with Gasteiger partial charge in [-0.25, -0.2) is 15.0 Å². The van der Waals surface area contributed by atoms with Crippen LogP contribution in [0.4, 0.5) is 5.95 Å². The smallest absolute Gasteiger partial charge is 0.261 e. The van der Waals surface area contributed by atoms with Crippen LogP contribution in [-0.2, 0) is 18.3 Å². The minimum Gasteiger partial charge on any atom is -0.339 e. The van der Waals surface area contributed by atoms with Crippen LogP contribution in [0.5, 0.6) is 0 Å². The van der Waals surface area contributed by atoms with Gasteiger partial charge in [0.2, 0.25) is 11.9 Å². The third-order valence-corrected chi connectivity index (χ3v) is 5.11. The number of hydrogen-bond acceptors (Lipinski definition) is 6. The summed E-state index contributed by atoms with van der Waals surface area (Å²) in [7, 11) is 1.71. The van der Waals surface area contributed by atoms with Crippen LogP contribution in [0, 0.1) is 0 Å². The fraction of sp³-hybridized carbons (Fsp3) is 0.350. The molecule has 8 heteroatoms. The molecule has 0 saturated carbocycles. The maximum absolute atomic E-state index is 12.6. The van der Waals surface area contributed by atoms with Gasteiger partial charge in [-0.15, -0.1) is 0 Å². The van der Waals surface area contributed by atoms with Crippen LogP contribution >= 0.6 is 0 Å². The molecule has 0 bridgehead atoms. The SMILES string of the molecule is Cn1c(CCC(=O)N2CCN(c3ncccn3)CC2)nc2ccccc2c1=O. The molecule has 0 spiro atoms. The van der Waals surface area contributed by atoms with Crippen LogP contribution in [-0.4, -0.2) is 56.5 Å². The second-order valence-electron chi connectivity index (χ2n) is 6.83. The van der Waals surface area contributed by atoms with Gasteiger partial charge in [-0.3, -0.25) is 14.2 Å². The number of aryl methyl sites for hydroxylation is 1. The fourth-order valence-corrected chi connectivity index (χ4v) is 3.47. The van der Waals surface area contributed by atoms with Crippen molar-refractivity contribution in [2.45, 2.75) is 12.8 Å². The number of rotatable bonds is 4. The van der Waals surface area contributed by atoms with Crippen LogP contribution < -0.4 is 10.5 Å². The van der Waals surface area contributed by atoms with Crippen molar-refractivity contribution in [2.24, 2.45) is 7.05 Å². The second-order valence-corrected chi connectivity index (χ2v) is 6.83. The number of nitrogens with zero attached hydrogens (tertiary/aromatic N) is 6. The molecule has 1 fully saturated rings. The number of para-hydroxylation sites is 1. The van der Waals surface area contributed by atoms with Gasteiger partial charge in [0.15, 0.2) is 0 Å². The lowest BCUT2D eigenvalue weighted by molar-refractivity contribution is -0.131. The zero-order valence-electron chi connectivity index (χ0n) is 15.8. The van der Waals surface area contributed by atoms with E-state index in [-0.39, 0.29) is 11.5 Å². The van der Waals surface area contributed by atoms with Crippen molar-refractivity contribution in [3.05, 3.63) is 58.9 Å². The Balaban J connectivity index is 1.38. The first-order valence-electron chi connectivity index (χ1n) is 9.38. The van der Waals surface area contributed by atoms with Crippen molar-refractivity contribution >= 4 is 22.8 Å². The van der Waals surface area contributed by atoms with Crippen molar-refractivity contribution < 1.29 is 4.79 Å². The van der Waals surface area contributed by atoms with Crippen LogP contribution in [0.3, 0.4) is 0 Å². The van der Waals surface area contributed by atoms with Crippen molar-refractivity contribution in [3.63, 3.8) is 0 Å². The van der Waals surface area contributed by atoms with Gasteiger partial charge >= 0.3 is 0 Å². The van der Waals surface area contributed by atoms with Crippen LogP contribution in [0.25, 0.3) is 10.9 Å². The van der Waals surface area contributed by atoms with Gasteiger partial charge < -0.3 is 9.80 Å². The number of piperazine rings is 1. The van der Waals surface area contributed by atoms with Gasteiger partial charge in [0.1, 0.15) is 5.82 Å². The molecule has 0 unspecified atom stereocenters. The first-order valence-corrected chi connectivity index (χ1v) is 9.38. The monoisotopic (exact) mass is 378 g/mol. The van der Waals surface area contributed by atoms with E-state index in [9.17, 15) is 9.59 Å². The number of carbonyl (C=O) groups is 1. The summed E-state index contributed by atoms with van der Waals surface area (Å²) in [6.07, 6.45) is 4.22. The van der Waals surface area contributed by atoms with E-state index in [1.165, 1.54) is 0 Å². The van der Waals surface area contributed by atoms with E-state index >= 15 is 0 Å². The first kappa shape index (κ1) is 18.1. The van der Waals surface area contributed by atoms with Gasteiger partial charge in [0.25, 0.3) is 5.56 Å². The molecule has 1 aromatic carbocycles. The lowest BCUT2D eigenvalue weighted by Crippen LogP contribution is -2.49. The van der Waals surface area contributed by atoms with E-state index in [2.05, 4.69) is 19.9 Å². The molecule has 1 saturated heterocycles. The summed E-state index contributed by atoms with van der Waals surface area (Å²) in [4.78, 5) is 42.1. The molecule has 0 atom stereocenters. The number of anilines is 1. The molecule has 1 amide bonds. The Hall–Kier alpha value is -3.29. The molecule has 0 radical (unpaired) electrons. The summed E-state index contributed by atoms with van der Waals surface area (Å²) in [6, 6.07) is 9.08. The number of hydrogen-bond donors (Lipinski definition) is 0. The predicted molar refractivity (Wildman–Crippen MR) is 106 cm³/mol. The highest BCUT2D eigenvalue weighted by Crippen LogP contribution is 2.12. The lowest BCUT2D eigenvalue weighted by atomic mass is 10.2. The summed E-state index contributed by atoms with van der Waals surface area (Å²) < 4.78 is 1.54. The van der Waals surface area contributed by atoms with E-state index in [1.807, 2.05) is 23.1 Å². The van der Waals surface area contributed by atoms with Crippen molar-refractivity contribution in [3.8, 4) is 0 Å². The minimum atomic E-state index is -0.0791. The van der Waals surface area contributed by atoms with Crippen molar-refractivity contribution in [1.82, 2.24) is 24.4 Å². The van der Waals surface area contributed by atoms with Gasteiger partial charge in [0.05, 0.1) is 10.9 Å². The van der Waals surface area contributed by atoms with Gasteiger partial charge in [0, 0.05) is 58.5 Å². The maximum Gasteiger partial charge on any atom is 0.261 e. The second kappa shape index (κ2) is 7.75. The summed E-state index contributed by atoms with van der Waals surface area (Å²) in [5.41, 5.74) is 0.592. The Kier molecular flexibility index (Phi) is 5.01. The first-order chi connectivity index (χ1) is 13.6. The van der Waals surface area contributed by atoms with E-state index in [4.69, 9.17) is 0 Å². The van der Waals surface area contributed by atoms with Crippen LogP contribution in [0.1, 0.15) is 12.2 Å². The maximum atomic E-state index is 12.6. The zero-order chi connectivity index (χ0) is 19.5. The summed E-state index contributed by atoms with van der Waals surface area (Å²) in [5.74, 6) is 1.41. The Morgan fingerprint density at radius 1 is 1.04 bits per heavy atom. The highest BCUT2D eigenvalue weighted by molar-refractivity contribution is 5.78. The lowest BCUT2D eigenvalue weighted by Gasteiger charge is -2.34. The van der Waals surface area contributed by atoms with Crippen molar-refractivity contribution in [1.29, 1.82) is 0 Å². The van der Waals surface area contributed by atoms with E-state index in [0.29, 0.717) is 61.7 Å². The van der Waals surface area contributed by atoms with E-state index in [0.717, 1.165) is 0 Å². The highest BCUT2D eigenvalue weighted by atomic mass is 16.2. The Morgan fingerprint density at radius 2 is 1.75 bits per heavy atom. The summed E-state index contributed by atoms with van der Waals surface area (Å²) in [5, 5.41) is 0.597. The summed E-state index contributed by atoms with van der Waals surface area (Å²) in [6.45, 7) is 2.70. The Morgan fingerprint density at radius 3 is 2.50 bits per heavy atom. The topological polar surface area (TPSA) is 84.2 Å². The molecule has 8 nitrogen and oxygen atoms in total. The number of aromatic nitrogens is 4. The van der Waals surface area contributed by atoms with Gasteiger partial charge in [-0.1, -0.05) is 12.1 Å². The molecular formula is C20H22N6O2. The molecule has 144 valence electrons. The van der Waals surface area contributed by atoms with Crippen LogP contribution in [0.15, 0.2) is 47.5 Å². The molecule has 4 rings (SSSR count). The predicted octanol–water partition coefficient (Wildman–Crippen LogP) is 1.00. The zero-order valence-corrected chi connectivity index (χ0v) is 15.8. The molecule has 3 aromatic rings. The molecule has 0 aliphatic carbocycles. The van der Waals surface area contributed by atoms with Crippen LogP contribution in [0.2, 0.25) is 0 Å². The fourth-order valence-electron chi connectivity index (χ4n) is 3.47. The molecule has 1 aliphatic rings. The van der Waals surface area contributed by atoms with Crippen molar-refractivity contribution in [2.75, 3.05) is 31.1 Å². The number of amides is 1. The quantitative estimate of drug-likeness (QED) is 0.674. The normalized spacial score (nSPS) is 14.5. The van der Waals surface area contributed by atoms with E-state index < -0.39 is 0 Å². The molecule has 0 N–H and O–H groups in total. The van der Waals surface area contributed by atoms with Gasteiger partial charge in [-0.2, -0.15) is 0 Å². The molecule has 3 heterocycles. The number of benzene rings is 1. The average Bonchev–Trinajstić information content (AvgIpc) is 2.76. The van der Waals surface area contributed by atoms with Gasteiger partial charge in [-0.05, 0) is 18.2 Å². The largest absolute Gasteiger partial charge is 0.339 e. The third-order valence-electron chi connectivity index (χ3n) is 5.11. The number of fused-ring (bicyclic) bond motifs is 1. The average molecular weight is 378 g/mol. The standard InChI is InChI=1S/C20H22N6O2/c1-24-17(23-16-6-3-2-5-15(16)19(24)28)7-8-18(27)25-11-13-26(14-12-25)20-21-9-4-10-22-20/h2-6,9-10H,7-8,11-14H2,1H3. The molecule has 28 heavy (non-hydrogen) atoms. The van der Waals surface area contributed by atoms with E-state index in [1.54, 1.807) is 36.1 Å². The highest BCUT2D eigenvalue weighted by Gasteiger charge is 2.22. The minimum absolute atomic E-state index is 0.0791. The third kappa shape index (κ3) is 3.58. The molecule has 1 aliphatic heterocycles.